The molecule has 0 fully saturated rings. The number of benzene rings is 1. The van der Waals surface area contributed by atoms with E-state index in [0.29, 0.717) is 6.04 Å². The molecule has 0 atom stereocenters. The molecule has 0 unspecified atom stereocenters. The number of nitrogens with zero attached hydrogens (tertiary/aromatic N) is 2. The fourth-order valence-corrected chi connectivity index (χ4v) is 2.74. The van der Waals surface area contributed by atoms with Crippen LogP contribution < -0.4 is 0 Å². The van der Waals surface area contributed by atoms with Gasteiger partial charge in [0, 0.05) is 0 Å². The first kappa shape index (κ1) is 13.1. The molecule has 0 amide bonds. The van der Waals surface area contributed by atoms with Gasteiger partial charge in [-0.05, 0) is 51.3 Å². The third-order valence-electron chi connectivity index (χ3n) is 3.82. The highest BCUT2D eigenvalue weighted by atomic mass is 15.3. The first-order valence-electron chi connectivity index (χ1n) is 6.89. The van der Waals surface area contributed by atoms with Gasteiger partial charge in [0.25, 0.3) is 0 Å². The first-order valence-corrected chi connectivity index (χ1v) is 6.89. The van der Waals surface area contributed by atoms with E-state index < -0.39 is 0 Å². The molecular weight excluding hydrogens is 220 g/mol. The van der Waals surface area contributed by atoms with Gasteiger partial charge in [-0.3, -0.25) is 9.48 Å². The summed E-state index contributed by atoms with van der Waals surface area (Å²) in [7, 11) is 0. The van der Waals surface area contributed by atoms with Crippen molar-refractivity contribution >= 4 is 6.34 Å². The van der Waals surface area contributed by atoms with Gasteiger partial charge < -0.3 is 0 Å². The average Bonchev–Trinajstić information content (AvgIpc) is 2.71. The fraction of sp³-hybridized carbons (Fsp3) is 0.562. The Balaban J connectivity index is 2.18. The minimum atomic E-state index is 0.607. The van der Waals surface area contributed by atoms with Crippen molar-refractivity contribution in [3.05, 3.63) is 34.4 Å². The fourth-order valence-electron chi connectivity index (χ4n) is 2.74. The number of hydrogen-bond acceptors (Lipinski definition) is 1. The Morgan fingerprint density at radius 2 is 1.78 bits per heavy atom. The Labute approximate surface area is 111 Å². The molecule has 0 spiro atoms. The van der Waals surface area contributed by atoms with Crippen molar-refractivity contribution in [3.8, 4) is 0 Å². The highest BCUT2D eigenvalue weighted by Crippen LogP contribution is 2.18. The summed E-state index contributed by atoms with van der Waals surface area (Å²) < 4.78 is 2.44. The van der Waals surface area contributed by atoms with E-state index in [2.05, 4.69) is 62.6 Å². The van der Waals surface area contributed by atoms with Gasteiger partial charge in [0.15, 0.2) is 0 Å². The molecule has 0 N–H and O–H groups in total. The number of rotatable bonds is 3. The third kappa shape index (κ3) is 2.74. The lowest BCUT2D eigenvalue weighted by molar-refractivity contribution is -0.530. The maximum Gasteiger partial charge on any atom is 0.234 e. The summed E-state index contributed by atoms with van der Waals surface area (Å²) in [6, 6.07) is 5.19. The second-order valence-corrected chi connectivity index (χ2v) is 5.79. The molecule has 0 bridgehead atoms. The largest absolute Gasteiger partial charge is 0.262 e. The molecule has 0 aliphatic carbocycles. The van der Waals surface area contributed by atoms with Crippen molar-refractivity contribution in [3.63, 3.8) is 0 Å². The van der Waals surface area contributed by atoms with Gasteiger partial charge in [0.1, 0.15) is 19.6 Å². The van der Waals surface area contributed by atoms with Crippen molar-refractivity contribution < 1.29 is 4.58 Å². The minimum absolute atomic E-state index is 0.607. The maximum absolute atomic E-state index is 2.44. The second-order valence-electron chi connectivity index (χ2n) is 5.79. The van der Waals surface area contributed by atoms with E-state index in [4.69, 9.17) is 0 Å². The van der Waals surface area contributed by atoms with Crippen LogP contribution in [0.25, 0.3) is 0 Å². The Morgan fingerprint density at radius 3 is 2.28 bits per heavy atom. The van der Waals surface area contributed by atoms with Gasteiger partial charge >= 0.3 is 0 Å². The molecule has 1 heterocycles. The van der Waals surface area contributed by atoms with Crippen LogP contribution in [-0.2, 0) is 6.54 Å². The molecule has 0 saturated heterocycles. The summed E-state index contributed by atoms with van der Waals surface area (Å²) in [6.45, 7) is 14.5. The van der Waals surface area contributed by atoms with Gasteiger partial charge in [0.05, 0.1) is 6.04 Å². The number of aryl methyl sites for hydroxylation is 3. The van der Waals surface area contributed by atoms with E-state index in [1.54, 1.807) is 0 Å². The molecule has 2 nitrogen and oxygen atoms in total. The van der Waals surface area contributed by atoms with Crippen LogP contribution >= 0.6 is 0 Å². The van der Waals surface area contributed by atoms with Crippen LogP contribution in [0.5, 0.6) is 0 Å². The van der Waals surface area contributed by atoms with Crippen LogP contribution in [0.2, 0.25) is 0 Å². The molecule has 1 aromatic carbocycles. The Morgan fingerprint density at radius 1 is 1.17 bits per heavy atom. The van der Waals surface area contributed by atoms with Crippen LogP contribution in [0.4, 0.5) is 0 Å². The van der Waals surface area contributed by atoms with Gasteiger partial charge in [-0.15, -0.1) is 0 Å². The topological polar surface area (TPSA) is 6.25 Å². The standard InChI is InChI=1S/C16H25N2/c1-12(2)18-7-6-17(11-18)10-16-14(4)8-13(3)9-15(16)5/h8-9,11-12H,6-7,10H2,1-5H3/q+1. The lowest BCUT2D eigenvalue weighted by Crippen LogP contribution is -2.27. The first-order chi connectivity index (χ1) is 8.47. The molecule has 0 aromatic heterocycles. The van der Waals surface area contributed by atoms with Crippen LogP contribution in [0.1, 0.15) is 36.1 Å². The average molecular weight is 245 g/mol. The van der Waals surface area contributed by atoms with Gasteiger partial charge in [-0.2, -0.15) is 0 Å². The minimum Gasteiger partial charge on any atom is -0.262 e. The van der Waals surface area contributed by atoms with Crippen molar-refractivity contribution in [1.82, 2.24) is 4.90 Å². The molecule has 0 saturated carbocycles. The zero-order valence-corrected chi connectivity index (χ0v) is 12.3. The highest BCUT2D eigenvalue weighted by molar-refractivity contribution is 5.51. The second kappa shape index (κ2) is 5.13. The zero-order chi connectivity index (χ0) is 13.3. The monoisotopic (exact) mass is 245 g/mol. The smallest absolute Gasteiger partial charge is 0.234 e. The van der Waals surface area contributed by atoms with Crippen molar-refractivity contribution in [2.24, 2.45) is 0 Å². The van der Waals surface area contributed by atoms with Crippen LogP contribution in [0.15, 0.2) is 12.1 Å². The summed E-state index contributed by atoms with van der Waals surface area (Å²) in [5.74, 6) is 0. The van der Waals surface area contributed by atoms with Crippen molar-refractivity contribution in [1.29, 1.82) is 0 Å². The predicted molar refractivity (Wildman–Crippen MR) is 77.4 cm³/mol. The van der Waals surface area contributed by atoms with Gasteiger partial charge in [-0.25, -0.2) is 0 Å². The van der Waals surface area contributed by atoms with Crippen molar-refractivity contribution in [2.75, 3.05) is 13.1 Å². The van der Waals surface area contributed by atoms with E-state index in [1.807, 2.05) is 0 Å². The summed E-state index contributed by atoms with van der Waals surface area (Å²) in [6.07, 6.45) is 2.30. The summed E-state index contributed by atoms with van der Waals surface area (Å²) in [5.41, 5.74) is 5.69. The quantitative estimate of drug-likeness (QED) is 0.742. The molecule has 0 radical (unpaired) electrons. The normalized spacial score (nSPS) is 15.4. The Hall–Kier alpha value is -1.31. The van der Waals surface area contributed by atoms with Crippen molar-refractivity contribution in [2.45, 2.75) is 47.2 Å². The molecule has 18 heavy (non-hydrogen) atoms. The molecule has 1 aliphatic rings. The van der Waals surface area contributed by atoms with Crippen LogP contribution in [0.3, 0.4) is 0 Å². The molecule has 1 aromatic rings. The van der Waals surface area contributed by atoms with E-state index in [1.165, 1.54) is 22.3 Å². The third-order valence-corrected chi connectivity index (χ3v) is 3.82. The predicted octanol–water partition coefficient (Wildman–Crippen LogP) is 2.88. The zero-order valence-electron chi connectivity index (χ0n) is 12.3. The van der Waals surface area contributed by atoms with Crippen LogP contribution in [-0.4, -0.2) is 34.9 Å². The van der Waals surface area contributed by atoms with E-state index in [-0.39, 0.29) is 0 Å². The van der Waals surface area contributed by atoms with E-state index >= 15 is 0 Å². The Bertz CT molecular complexity index is 449. The van der Waals surface area contributed by atoms with Gasteiger partial charge in [0.2, 0.25) is 6.34 Å². The lowest BCUT2D eigenvalue weighted by atomic mass is 10.00. The molecule has 98 valence electrons. The lowest BCUT2D eigenvalue weighted by Gasteiger charge is -2.11. The van der Waals surface area contributed by atoms with Gasteiger partial charge in [-0.1, -0.05) is 17.7 Å². The summed E-state index contributed by atoms with van der Waals surface area (Å²) in [5, 5.41) is 0. The van der Waals surface area contributed by atoms with E-state index in [9.17, 15) is 0 Å². The Kier molecular flexibility index (Phi) is 3.74. The number of hydrogen-bond donors (Lipinski definition) is 0. The molecule has 2 rings (SSSR count). The molecule has 2 heteroatoms. The molecular formula is C16H25N2+. The summed E-state index contributed by atoms with van der Waals surface area (Å²) >= 11 is 0. The van der Waals surface area contributed by atoms with Crippen LogP contribution in [0, 0.1) is 20.8 Å². The van der Waals surface area contributed by atoms with E-state index in [0.717, 1.165) is 19.6 Å². The summed E-state index contributed by atoms with van der Waals surface area (Å²) in [4.78, 5) is 2.42. The highest BCUT2D eigenvalue weighted by Gasteiger charge is 2.22. The SMILES string of the molecule is Cc1cc(C)c(C[N+]2=CN(C(C)C)CC2)c(C)c1. The maximum atomic E-state index is 2.44. The molecule has 1 aliphatic heterocycles.